The molecule has 1 saturated heterocycles. The van der Waals surface area contributed by atoms with Gasteiger partial charge in [-0.15, -0.1) is 0 Å². The van der Waals surface area contributed by atoms with E-state index in [1.807, 2.05) is 24.3 Å². The Balaban J connectivity index is 2.07. The van der Waals surface area contributed by atoms with Crippen LogP contribution in [0.5, 0.6) is 0 Å². The van der Waals surface area contributed by atoms with E-state index in [0.717, 1.165) is 6.42 Å². The van der Waals surface area contributed by atoms with Crippen LogP contribution in [-0.2, 0) is 9.53 Å². The maximum absolute atomic E-state index is 11.4. The van der Waals surface area contributed by atoms with Gasteiger partial charge in [-0.25, -0.2) is 4.79 Å². The third kappa shape index (κ3) is 2.27. The summed E-state index contributed by atoms with van der Waals surface area (Å²) in [6, 6.07) is -0.0867. The molecule has 0 bridgehead atoms. The number of amides is 1. The van der Waals surface area contributed by atoms with E-state index in [9.17, 15) is 9.59 Å². The molecule has 1 heterocycles. The van der Waals surface area contributed by atoms with Gasteiger partial charge in [0.15, 0.2) is 0 Å². The quantitative estimate of drug-likeness (QED) is 0.707. The van der Waals surface area contributed by atoms with Crippen LogP contribution in [0, 0.1) is 5.92 Å². The lowest BCUT2D eigenvalue weighted by molar-refractivity contribution is -0.112. The number of halogens is 1. The number of nitrogens with zero attached hydrogens (tertiary/aromatic N) is 1. The zero-order valence-electron chi connectivity index (χ0n) is 8.64. The van der Waals surface area contributed by atoms with Crippen LogP contribution in [-0.4, -0.2) is 35.4 Å². The van der Waals surface area contributed by atoms with Gasteiger partial charge in [0.25, 0.3) is 0 Å². The van der Waals surface area contributed by atoms with Gasteiger partial charge >= 0.3 is 6.09 Å². The van der Waals surface area contributed by atoms with Gasteiger partial charge < -0.3 is 4.74 Å². The Morgan fingerprint density at radius 2 is 2.38 bits per heavy atom. The Hall–Kier alpha value is -1.29. The van der Waals surface area contributed by atoms with Crippen molar-refractivity contribution in [3.8, 4) is 0 Å². The number of hydrogen-bond acceptors (Lipinski definition) is 3. The van der Waals surface area contributed by atoms with Crippen LogP contribution in [0.3, 0.4) is 0 Å². The minimum absolute atomic E-state index is 0.0842. The summed E-state index contributed by atoms with van der Waals surface area (Å²) in [5.74, 6) is 0.201. The smallest absolute Gasteiger partial charge is 0.410 e. The molecule has 2 rings (SSSR count). The lowest BCUT2D eigenvalue weighted by Crippen LogP contribution is -2.40. The molecule has 0 aromatic heterocycles. The van der Waals surface area contributed by atoms with Crippen molar-refractivity contribution < 1.29 is 14.3 Å². The Morgan fingerprint density at radius 3 is 3.00 bits per heavy atom. The maximum Gasteiger partial charge on any atom is 0.410 e. The minimum Gasteiger partial charge on any atom is -0.447 e. The highest BCUT2D eigenvalue weighted by molar-refractivity contribution is 6.64. The highest BCUT2D eigenvalue weighted by Gasteiger charge is 2.37. The van der Waals surface area contributed by atoms with E-state index in [2.05, 4.69) is 0 Å². The van der Waals surface area contributed by atoms with E-state index in [4.69, 9.17) is 16.3 Å². The van der Waals surface area contributed by atoms with Crippen LogP contribution < -0.4 is 0 Å². The zero-order valence-corrected chi connectivity index (χ0v) is 9.39. The van der Waals surface area contributed by atoms with Gasteiger partial charge in [0.05, 0.1) is 12.6 Å². The third-order valence-corrected chi connectivity index (χ3v) is 2.93. The van der Waals surface area contributed by atoms with Crippen molar-refractivity contribution in [3.05, 3.63) is 24.3 Å². The van der Waals surface area contributed by atoms with E-state index < -0.39 is 11.3 Å². The first-order valence-corrected chi connectivity index (χ1v) is 5.51. The molecule has 86 valence electrons. The van der Waals surface area contributed by atoms with Gasteiger partial charge in [-0.2, -0.15) is 0 Å². The van der Waals surface area contributed by atoms with Crippen LogP contribution in [0.2, 0.25) is 0 Å². The van der Waals surface area contributed by atoms with Crippen LogP contribution in [0.4, 0.5) is 4.79 Å². The summed E-state index contributed by atoms with van der Waals surface area (Å²) in [6.45, 7) is 0.241. The lowest BCUT2D eigenvalue weighted by Gasteiger charge is -2.26. The Bertz CT molecular complexity index is 364. The van der Waals surface area contributed by atoms with Crippen LogP contribution in [0.15, 0.2) is 24.3 Å². The van der Waals surface area contributed by atoms with Gasteiger partial charge in [-0.05, 0) is 18.0 Å². The summed E-state index contributed by atoms with van der Waals surface area (Å²) in [5.41, 5.74) is 0. The van der Waals surface area contributed by atoms with E-state index in [1.165, 1.54) is 4.90 Å². The van der Waals surface area contributed by atoms with E-state index in [0.29, 0.717) is 6.61 Å². The standard InChI is InChI=1S/C11H12ClNO3/c12-10(14)6-13-9(7-16-11(13)15)8-4-2-1-3-5-8/h1-4,8-9H,5-7H2/t8?,9-/m1/s1. The Morgan fingerprint density at radius 1 is 1.56 bits per heavy atom. The molecule has 1 aliphatic heterocycles. The summed E-state index contributed by atoms with van der Waals surface area (Å²) < 4.78 is 4.95. The molecule has 1 aliphatic carbocycles. The molecule has 0 aromatic carbocycles. The molecule has 4 nitrogen and oxygen atoms in total. The number of carbonyl (C=O) groups is 2. The molecule has 0 saturated carbocycles. The second-order valence-electron chi connectivity index (χ2n) is 3.84. The van der Waals surface area contributed by atoms with Crippen LogP contribution >= 0.6 is 11.6 Å². The van der Waals surface area contributed by atoms with Crippen molar-refractivity contribution in [2.24, 2.45) is 5.92 Å². The van der Waals surface area contributed by atoms with Crippen molar-refractivity contribution in [1.82, 2.24) is 4.90 Å². The first-order chi connectivity index (χ1) is 7.68. The molecule has 0 spiro atoms. The Labute approximate surface area is 98.5 Å². The SMILES string of the molecule is O=C(Cl)CN1C(=O)OC[C@@H]1C1C=CC=CC1. The minimum atomic E-state index is -0.542. The summed E-state index contributed by atoms with van der Waals surface area (Å²) >= 11 is 5.31. The average molecular weight is 242 g/mol. The summed E-state index contributed by atoms with van der Waals surface area (Å²) in [5, 5.41) is -0.542. The molecule has 5 heteroatoms. The predicted octanol–water partition coefficient (Wildman–Crippen LogP) is 1.70. The molecule has 1 fully saturated rings. The summed E-state index contributed by atoms with van der Waals surface area (Å²) in [6.07, 6.45) is 8.36. The molecule has 16 heavy (non-hydrogen) atoms. The molecular weight excluding hydrogens is 230 g/mol. The first-order valence-electron chi connectivity index (χ1n) is 5.13. The number of hydrogen-bond donors (Lipinski definition) is 0. The van der Waals surface area contributed by atoms with Crippen LogP contribution in [0.25, 0.3) is 0 Å². The van der Waals surface area contributed by atoms with E-state index in [-0.39, 0.29) is 18.5 Å². The lowest BCUT2D eigenvalue weighted by atomic mass is 9.92. The topological polar surface area (TPSA) is 46.6 Å². The number of carbonyl (C=O) groups excluding carboxylic acids is 2. The molecule has 1 unspecified atom stereocenters. The second-order valence-corrected chi connectivity index (χ2v) is 4.26. The molecular formula is C11H12ClNO3. The summed E-state index contributed by atoms with van der Waals surface area (Å²) in [7, 11) is 0. The molecule has 1 amide bonds. The maximum atomic E-state index is 11.4. The van der Waals surface area contributed by atoms with Crippen molar-refractivity contribution in [2.75, 3.05) is 13.2 Å². The van der Waals surface area contributed by atoms with Crippen molar-refractivity contribution >= 4 is 22.9 Å². The fourth-order valence-electron chi connectivity index (χ4n) is 2.02. The second kappa shape index (κ2) is 4.70. The highest BCUT2D eigenvalue weighted by Crippen LogP contribution is 2.25. The molecule has 0 radical (unpaired) electrons. The number of ether oxygens (including phenoxy) is 1. The van der Waals surface area contributed by atoms with Crippen molar-refractivity contribution in [3.63, 3.8) is 0 Å². The first kappa shape index (κ1) is 11.2. The van der Waals surface area contributed by atoms with Crippen molar-refractivity contribution in [2.45, 2.75) is 12.5 Å². The van der Waals surface area contributed by atoms with Crippen LogP contribution in [0.1, 0.15) is 6.42 Å². The molecule has 0 aromatic rings. The monoisotopic (exact) mass is 241 g/mol. The fraction of sp³-hybridized carbons (Fsp3) is 0.455. The molecule has 2 aliphatic rings. The van der Waals surface area contributed by atoms with Gasteiger partial charge in [0, 0.05) is 5.92 Å². The average Bonchev–Trinajstić information content (AvgIpc) is 2.61. The number of cyclic esters (lactones) is 1. The highest BCUT2D eigenvalue weighted by atomic mass is 35.5. The van der Waals surface area contributed by atoms with Gasteiger partial charge in [-0.1, -0.05) is 24.3 Å². The fourth-order valence-corrected chi connectivity index (χ4v) is 2.15. The molecule has 0 N–H and O–H groups in total. The van der Waals surface area contributed by atoms with E-state index in [1.54, 1.807) is 0 Å². The van der Waals surface area contributed by atoms with Crippen molar-refractivity contribution in [1.29, 1.82) is 0 Å². The number of rotatable bonds is 3. The number of allylic oxidation sites excluding steroid dienone is 3. The third-order valence-electron chi connectivity index (χ3n) is 2.82. The Kier molecular flexibility index (Phi) is 3.29. The largest absolute Gasteiger partial charge is 0.447 e. The van der Waals surface area contributed by atoms with Gasteiger partial charge in [-0.3, -0.25) is 9.69 Å². The normalized spacial score (nSPS) is 28.3. The van der Waals surface area contributed by atoms with Gasteiger partial charge in [0.1, 0.15) is 6.61 Å². The van der Waals surface area contributed by atoms with E-state index >= 15 is 0 Å². The summed E-state index contributed by atoms with van der Waals surface area (Å²) in [4.78, 5) is 23.7. The zero-order chi connectivity index (χ0) is 11.5. The molecule has 2 atom stereocenters. The van der Waals surface area contributed by atoms with Gasteiger partial charge in [0.2, 0.25) is 5.24 Å². The predicted molar refractivity (Wildman–Crippen MR) is 59.1 cm³/mol.